The second kappa shape index (κ2) is 4.69. The summed E-state index contributed by atoms with van der Waals surface area (Å²) in [5.74, 6) is 2.20. The summed E-state index contributed by atoms with van der Waals surface area (Å²) in [6, 6.07) is 3.58. The molecule has 0 aliphatic heterocycles. The van der Waals surface area contributed by atoms with Gasteiger partial charge in [-0.2, -0.15) is 4.98 Å². The van der Waals surface area contributed by atoms with E-state index < -0.39 is 0 Å². The number of thioether (sulfide) groups is 1. The van der Waals surface area contributed by atoms with Crippen molar-refractivity contribution < 1.29 is 8.94 Å². The van der Waals surface area contributed by atoms with Gasteiger partial charge >= 0.3 is 0 Å². The lowest BCUT2D eigenvalue weighted by atomic mass is 10.4. The van der Waals surface area contributed by atoms with Crippen molar-refractivity contribution in [3.8, 4) is 11.6 Å². The van der Waals surface area contributed by atoms with Crippen LogP contribution < -0.4 is 0 Å². The highest BCUT2D eigenvalue weighted by Crippen LogP contribution is 2.21. The van der Waals surface area contributed by atoms with Crippen LogP contribution in [0, 0.1) is 0 Å². The molecule has 0 radical (unpaired) electrons. The second-order valence-corrected chi connectivity index (χ2v) is 4.54. The Morgan fingerprint density at radius 2 is 2.39 bits per heavy atom. The number of aryl methyl sites for hydroxylation is 1. The zero-order valence-electron chi connectivity index (χ0n) is 9.61. The summed E-state index contributed by atoms with van der Waals surface area (Å²) >= 11 is 1.54. The van der Waals surface area contributed by atoms with E-state index in [1.807, 2.05) is 17.8 Å². The lowest BCUT2D eigenvalue weighted by molar-refractivity contribution is 0.390. The Labute approximate surface area is 107 Å². The van der Waals surface area contributed by atoms with Gasteiger partial charge in [-0.25, -0.2) is 4.98 Å². The van der Waals surface area contributed by atoms with Crippen LogP contribution in [-0.4, -0.2) is 19.7 Å². The lowest BCUT2D eigenvalue weighted by Gasteiger charge is -1.97. The Morgan fingerprint density at radius 3 is 3.11 bits per heavy atom. The number of furan rings is 1. The van der Waals surface area contributed by atoms with Gasteiger partial charge in [-0.15, -0.1) is 0 Å². The molecule has 3 heterocycles. The predicted molar refractivity (Wildman–Crippen MR) is 64.8 cm³/mol. The number of hydrogen-bond donors (Lipinski definition) is 0. The van der Waals surface area contributed by atoms with Crippen molar-refractivity contribution in [3.63, 3.8) is 0 Å². The fraction of sp³-hybridized carbons (Fsp3) is 0.182. The fourth-order valence-corrected chi connectivity index (χ4v) is 2.21. The van der Waals surface area contributed by atoms with E-state index in [0.29, 0.717) is 23.2 Å². The predicted octanol–water partition coefficient (Wildman–Crippen LogP) is 2.36. The SMILES string of the molecule is Cn1ccnc1SCc1nc(-c2ccco2)no1. The van der Waals surface area contributed by atoms with Crippen LogP contribution in [0.5, 0.6) is 0 Å². The summed E-state index contributed by atoms with van der Waals surface area (Å²) in [6.45, 7) is 0. The van der Waals surface area contributed by atoms with Gasteiger partial charge in [0.2, 0.25) is 11.7 Å². The number of aromatic nitrogens is 4. The van der Waals surface area contributed by atoms with Gasteiger partial charge in [0.1, 0.15) is 0 Å². The first kappa shape index (κ1) is 11.1. The molecule has 0 aliphatic carbocycles. The van der Waals surface area contributed by atoms with Gasteiger partial charge in [0.15, 0.2) is 10.9 Å². The molecule has 18 heavy (non-hydrogen) atoms. The first-order valence-electron chi connectivity index (χ1n) is 5.29. The van der Waals surface area contributed by atoms with Gasteiger partial charge in [-0.1, -0.05) is 16.9 Å². The van der Waals surface area contributed by atoms with Crippen LogP contribution in [0.15, 0.2) is 44.9 Å². The van der Waals surface area contributed by atoms with Crippen molar-refractivity contribution in [3.05, 3.63) is 36.7 Å². The molecule has 0 bridgehead atoms. The summed E-state index contributed by atoms with van der Waals surface area (Å²) in [7, 11) is 1.94. The molecule has 0 amide bonds. The Morgan fingerprint density at radius 1 is 1.44 bits per heavy atom. The Hall–Kier alpha value is -2.02. The van der Waals surface area contributed by atoms with Gasteiger partial charge in [-0.3, -0.25) is 0 Å². The normalized spacial score (nSPS) is 10.9. The van der Waals surface area contributed by atoms with Crippen molar-refractivity contribution >= 4 is 11.8 Å². The van der Waals surface area contributed by atoms with E-state index in [4.69, 9.17) is 8.94 Å². The van der Waals surface area contributed by atoms with Gasteiger partial charge in [0.05, 0.1) is 12.0 Å². The third kappa shape index (κ3) is 2.17. The minimum Gasteiger partial charge on any atom is -0.461 e. The molecule has 0 N–H and O–H groups in total. The van der Waals surface area contributed by atoms with Crippen LogP contribution in [0.4, 0.5) is 0 Å². The van der Waals surface area contributed by atoms with Gasteiger partial charge in [0.25, 0.3) is 0 Å². The summed E-state index contributed by atoms with van der Waals surface area (Å²) in [5, 5.41) is 4.77. The smallest absolute Gasteiger partial charge is 0.238 e. The van der Waals surface area contributed by atoms with E-state index >= 15 is 0 Å². The molecule has 0 saturated carbocycles. The molecular weight excluding hydrogens is 252 g/mol. The van der Waals surface area contributed by atoms with Gasteiger partial charge < -0.3 is 13.5 Å². The zero-order valence-corrected chi connectivity index (χ0v) is 10.4. The van der Waals surface area contributed by atoms with Crippen LogP contribution in [-0.2, 0) is 12.8 Å². The van der Waals surface area contributed by atoms with E-state index in [2.05, 4.69) is 15.1 Å². The van der Waals surface area contributed by atoms with E-state index in [1.54, 1.807) is 36.4 Å². The van der Waals surface area contributed by atoms with Gasteiger partial charge in [-0.05, 0) is 12.1 Å². The lowest BCUT2D eigenvalue weighted by Crippen LogP contribution is -1.89. The monoisotopic (exact) mass is 262 g/mol. The molecule has 0 saturated heterocycles. The highest BCUT2D eigenvalue weighted by atomic mass is 32.2. The van der Waals surface area contributed by atoms with Crippen molar-refractivity contribution in [1.29, 1.82) is 0 Å². The average molecular weight is 262 g/mol. The summed E-state index contributed by atoms with van der Waals surface area (Å²) in [5.41, 5.74) is 0. The number of imidazole rings is 1. The molecule has 3 rings (SSSR count). The molecule has 0 aliphatic rings. The number of hydrogen-bond acceptors (Lipinski definition) is 6. The standard InChI is InChI=1S/C11H10N4O2S/c1-15-5-4-12-11(15)18-7-9-13-10(14-17-9)8-3-2-6-16-8/h2-6H,7H2,1H3. The molecule has 6 nitrogen and oxygen atoms in total. The molecule has 92 valence electrons. The van der Waals surface area contributed by atoms with Crippen LogP contribution in [0.3, 0.4) is 0 Å². The van der Waals surface area contributed by atoms with Crippen molar-refractivity contribution in [2.75, 3.05) is 0 Å². The van der Waals surface area contributed by atoms with Crippen molar-refractivity contribution in [2.45, 2.75) is 10.9 Å². The molecule has 0 spiro atoms. The maximum absolute atomic E-state index is 5.19. The maximum Gasteiger partial charge on any atom is 0.238 e. The van der Waals surface area contributed by atoms with Crippen molar-refractivity contribution in [2.24, 2.45) is 7.05 Å². The minimum absolute atomic E-state index is 0.468. The maximum atomic E-state index is 5.19. The molecule has 0 fully saturated rings. The molecule has 0 unspecified atom stereocenters. The van der Waals surface area contributed by atoms with Crippen LogP contribution >= 0.6 is 11.8 Å². The van der Waals surface area contributed by atoms with E-state index in [1.165, 1.54) is 0 Å². The molecular formula is C11H10N4O2S. The largest absolute Gasteiger partial charge is 0.461 e. The number of nitrogens with zero attached hydrogens (tertiary/aromatic N) is 4. The summed E-state index contributed by atoms with van der Waals surface area (Å²) in [4.78, 5) is 8.46. The highest BCUT2D eigenvalue weighted by Gasteiger charge is 2.11. The topological polar surface area (TPSA) is 69.9 Å². The fourth-order valence-electron chi connectivity index (χ4n) is 1.44. The first-order valence-corrected chi connectivity index (χ1v) is 6.28. The first-order chi connectivity index (χ1) is 8.83. The Kier molecular flexibility index (Phi) is 2.89. The van der Waals surface area contributed by atoms with E-state index in [-0.39, 0.29) is 0 Å². The Balaban J connectivity index is 1.69. The number of rotatable bonds is 4. The van der Waals surface area contributed by atoms with Crippen LogP contribution in [0.25, 0.3) is 11.6 Å². The Bertz CT molecular complexity index is 629. The van der Waals surface area contributed by atoms with E-state index in [9.17, 15) is 0 Å². The summed E-state index contributed by atoms with van der Waals surface area (Å²) in [6.07, 6.45) is 5.23. The molecule has 0 atom stereocenters. The van der Waals surface area contributed by atoms with Gasteiger partial charge in [0, 0.05) is 19.4 Å². The molecule has 3 aromatic rings. The summed E-state index contributed by atoms with van der Waals surface area (Å²) < 4.78 is 12.3. The van der Waals surface area contributed by atoms with Crippen LogP contribution in [0.2, 0.25) is 0 Å². The van der Waals surface area contributed by atoms with Crippen LogP contribution in [0.1, 0.15) is 5.89 Å². The van der Waals surface area contributed by atoms with Crippen molar-refractivity contribution in [1.82, 2.24) is 19.7 Å². The van der Waals surface area contributed by atoms with E-state index in [0.717, 1.165) is 5.16 Å². The third-order valence-electron chi connectivity index (χ3n) is 2.31. The molecule has 3 aromatic heterocycles. The average Bonchev–Trinajstić information content (AvgIpc) is 3.08. The third-order valence-corrected chi connectivity index (χ3v) is 3.35. The highest BCUT2D eigenvalue weighted by molar-refractivity contribution is 7.98. The minimum atomic E-state index is 0.468. The molecule has 0 aromatic carbocycles. The quantitative estimate of drug-likeness (QED) is 0.672. The second-order valence-electron chi connectivity index (χ2n) is 3.60. The molecule has 7 heteroatoms. The zero-order chi connectivity index (χ0) is 12.4.